The van der Waals surface area contributed by atoms with Crippen LogP contribution in [0, 0.1) is 5.92 Å². The quantitative estimate of drug-likeness (QED) is 0.704. The van der Waals surface area contributed by atoms with Gasteiger partial charge in [0.2, 0.25) is 10.0 Å². The molecule has 0 amide bonds. The first-order chi connectivity index (χ1) is 5.58. The van der Waals surface area contributed by atoms with E-state index in [1.807, 2.05) is 0 Å². The van der Waals surface area contributed by atoms with Gasteiger partial charge in [0, 0.05) is 0 Å². The molecule has 0 aromatic rings. The van der Waals surface area contributed by atoms with Crippen LogP contribution in [0.15, 0.2) is 0 Å². The van der Waals surface area contributed by atoms with Gasteiger partial charge in [-0.25, -0.2) is 13.6 Å². The molecule has 1 rings (SSSR count). The molecular weight excluding hydrogens is 212 g/mol. The smallest absolute Gasteiger partial charge is 0.209 e. The molecule has 0 saturated carbocycles. The third kappa shape index (κ3) is 6.26. The topological polar surface area (TPSA) is 72.2 Å². The lowest BCUT2D eigenvalue weighted by Crippen LogP contribution is -2.23. The van der Waals surface area contributed by atoms with Gasteiger partial charge in [-0.05, 0) is 38.3 Å². The van der Waals surface area contributed by atoms with Gasteiger partial charge in [-0.3, -0.25) is 0 Å². The minimum Gasteiger partial charge on any atom is -0.317 e. The molecule has 1 heterocycles. The Bertz CT molecular complexity index is 223. The van der Waals surface area contributed by atoms with E-state index in [9.17, 15) is 8.42 Å². The van der Waals surface area contributed by atoms with Crippen molar-refractivity contribution in [1.82, 2.24) is 5.32 Å². The van der Waals surface area contributed by atoms with Crippen LogP contribution in [0.5, 0.6) is 0 Å². The summed E-state index contributed by atoms with van der Waals surface area (Å²) in [5.74, 6) is 0.407. The molecular formula is C7H17ClN2O2S. The Morgan fingerprint density at radius 3 is 2.62 bits per heavy atom. The second kappa shape index (κ2) is 5.80. The van der Waals surface area contributed by atoms with Crippen LogP contribution in [-0.4, -0.2) is 27.3 Å². The number of primary sulfonamides is 1. The normalized spacial score (nSPS) is 24.5. The average molecular weight is 229 g/mol. The second-order valence-electron chi connectivity index (χ2n) is 3.38. The van der Waals surface area contributed by atoms with Crippen molar-refractivity contribution in [1.29, 1.82) is 0 Å². The summed E-state index contributed by atoms with van der Waals surface area (Å²) >= 11 is 0. The summed E-state index contributed by atoms with van der Waals surface area (Å²) in [6.07, 6.45) is 2.96. The lowest BCUT2D eigenvalue weighted by atomic mass is 10.0. The maximum Gasteiger partial charge on any atom is 0.209 e. The maximum absolute atomic E-state index is 10.8. The minimum absolute atomic E-state index is 0. The SMILES string of the molecule is Cl.NS(=O)(=O)C[C@H]1CCCNCC1. The summed E-state index contributed by atoms with van der Waals surface area (Å²) < 4.78 is 21.5. The van der Waals surface area contributed by atoms with E-state index in [1.165, 1.54) is 0 Å². The van der Waals surface area contributed by atoms with E-state index in [4.69, 9.17) is 5.14 Å². The summed E-state index contributed by atoms with van der Waals surface area (Å²) in [5.41, 5.74) is 0. The van der Waals surface area contributed by atoms with Crippen LogP contribution in [0.25, 0.3) is 0 Å². The fourth-order valence-electron chi connectivity index (χ4n) is 1.59. The summed E-state index contributed by atoms with van der Waals surface area (Å²) in [5, 5.41) is 8.20. The van der Waals surface area contributed by atoms with Crippen molar-refractivity contribution >= 4 is 22.4 Å². The average Bonchev–Trinajstić information content (AvgIpc) is 2.12. The zero-order valence-electron chi connectivity index (χ0n) is 7.53. The highest BCUT2D eigenvalue weighted by Gasteiger charge is 2.16. The van der Waals surface area contributed by atoms with Crippen molar-refractivity contribution in [2.75, 3.05) is 18.8 Å². The van der Waals surface area contributed by atoms with Gasteiger partial charge >= 0.3 is 0 Å². The lowest BCUT2D eigenvalue weighted by Gasteiger charge is -2.10. The fraction of sp³-hybridized carbons (Fsp3) is 1.00. The largest absolute Gasteiger partial charge is 0.317 e. The Balaban J connectivity index is 0.00000144. The molecule has 1 fully saturated rings. The van der Waals surface area contributed by atoms with Gasteiger partial charge in [-0.2, -0.15) is 0 Å². The van der Waals surface area contributed by atoms with Crippen LogP contribution < -0.4 is 10.5 Å². The molecule has 0 unspecified atom stereocenters. The third-order valence-electron chi connectivity index (χ3n) is 2.16. The predicted molar refractivity (Wildman–Crippen MR) is 55.4 cm³/mol. The van der Waals surface area contributed by atoms with Gasteiger partial charge in [0.05, 0.1) is 5.75 Å². The lowest BCUT2D eigenvalue weighted by molar-refractivity contribution is 0.506. The van der Waals surface area contributed by atoms with Gasteiger partial charge in [0.1, 0.15) is 0 Å². The Labute approximate surface area is 85.7 Å². The molecule has 0 spiro atoms. The fourth-order valence-corrected chi connectivity index (χ4v) is 2.58. The number of hydrogen-bond donors (Lipinski definition) is 2. The number of rotatable bonds is 2. The molecule has 0 radical (unpaired) electrons. The van der Waals surface area contributed by atoms with E-state index < -0.39 is 10.0 Å². The first-order valence-electron chi connectivity index (χ1n) is 4.29. The van der Waals surface area contributed by atoms with E-state index in [0.717, 1.165) is 32.4 Å². The first kappa shape index (κ1) is 13.2. The monoisotopic (exact) mass is 228 g/mol. The molecule has 0 aliphatic carbocycles. The van der Waals surface area contributed by atoms with Gasteiger partial charge < -0.3 is 5.32 Å². The van der Waals surface area contributed by atoms with Crippen molar-refractivity contribution in [3.8, 4) is 0 Å². The molecule has 1 aliphatic rings. The number of nitrogens with two attached hydrogens (primary N) is 1. The van der Waals surface area contributed by atoms with Gasteiger partial charge in [0.15, 0.2) is 0 Å². The van der Waals surface area contributed by atoms with E-state index in [-0.39, 0.29) is 24.1 Å². The zero-order valence-corrected chi connectivity index (χ0v) is 9.16. The van der Waals surface area contributed by atoms with E-state index in [0.29, 0.717) is 0 Å². The highest BCUT2D eigenvalue weighted by atomic mass is 35.5. The summed E-state index contributed by atoms with van der Waals surface area (Å²) in [7, 11) is -3.27. The maximum atomic E-state index is 10.8. The van der Waals surface area contributed by atoms with Crippen LogP contribution in [-0.2, 0) is 10.0 Å². The van der Waals surface area contributed by atoms with E-state index in [1.54, 1.807) is 0 Å². The summed E-state index contributed by atoms with van der Waals surface area (Å²) in [6, 6.07) is 0. The van der Waals surface area contributed by atoms with Crippen molar-refractivity contribution in [3.63, 3.8) is 0 Å². The number of nitrogens with one attached hydrogen (secondary N) is 1. The molecule has 1 aliphatic heterocycles. The van der Waals surface area contributed by atoms with Crippen LogP contribution in [0.3, 0.4) is 0 Å². The standard InChI is InChI=1S/C7H16N2O2S.ClH/c8-12(10,11)6-7-2-1-4-9-5-3-7;/h7,9H,1-6H2,(H2,8,10,11);1H/t7-;/m0./s1. The Morgan fingerprint density at radius 1 is 1.31 bits per heavy atom. The molecule has 1 atom stereocenters. The Kier molecular flexibility index (Phi) is 5.87. The second-order valence-corrected chi connectivity index (χ2v) is 5.04. The molecule has 0 aromatic carbocycles. The molecule has 0 bridgehead atoms. The Hall–Kier alpha value is 0.160. The zero-order chi connectivity index (χ0) is 9.03. The number of sulfonamides is 1. The van der Waals surface area contributed by atoms with Crippen molar-refractivity contribution in [3.05, 3.63) is 0 Å². The van der Waals surface area contributed by atoms with Crippen molar-refractivity contribution < 1.29 is 8.42 Å². The third-order valence-corrected chi connectivity index (χ3v) is 3.10. The minimum atomic E-state index is -3.27. The number of hydrogen-bond acceptors (Lipinski definition) is 3. The van der Waals surface area contributed by atoms with Crippen LogP contribution in [0.4, 0.5) is 0 Å². The highest BCUT2D eigenvalue weighted by Crippen LogP contribution is 2.14. The molecule has 6 heteroatoms. The predicted octanol–water partition coefficient (Wildman–Crippen LogP) is 0.0864. The van der Waals surface area contributed by atoms with Crippen LogP contribution in [0.1, 0.15) is 19.3 Å². The van der Waals surface area contributed by atoms with Crippen molar-refractivity contribution in [2.45, 2.75) is 19.3 Å². The van der Waals surface area contributed by atoms with Gasteiger partial charge in [-0.15, -0.1) is 12.4 Å². The molecule has 0 aromatic heterocycles. The molecule has 4 nitrogen and oxygen atoms in total. The van der Waals surface area contributed by atoms with Crippen LogP contribution in [0.2, 0.25) is 0 Å². The highest BCUT2D eigenvalue weighted by molar-refractivity contribution is 7.89. The van der Waals surface area contributed by atoms with Gasteiger partial charge in [0.25, 0.3) is 0 Å². The summed E-state index contributed by atoms with van der Waals surface area (Å²) in [6.45, 7) is 1.92. The van der Waals surface area contributed by atoms with E-state index >= 15 is 0 Å². The molecule has 13 heavy (non-hydrogen) atoms. The Morgan fingerprint density at radius 2 is 2.00 bits per heavy atom. The van der Waals surface area contributed by atoms with Gasteiger partial charge in [-0.1, -0.05) is 0 Å². The molecule has 3 N–H and O–H groups in total. The molecule has 80 valence electrons. The summed E-state index contributed by atoms with van der Waals surface area (Å²) in [4.78, 5) is 0. The van der Waals surface area contributed by atoms with E-state index in [2.05, 4.69) is 5.32 Å². The first-order valence-corrected chi connectivity index (χ1v) is 6.00. The molecule has 1 saturated heterocycles. The van der Waals surface area contributed by atoms with Crippen LogP contribution >= 0.6 is 12.4 Å². The number of halogens is 1. The van der Waals surface area contributed by atoms with Crippen molar-refractivity contribution in [2.24, 2.45) is 11.1 Å².